The molecular formula is C17H13F3N4O2. The van der Waals surface area contributed by atoms with Gasteiger partial charge in [0.05, 0.1) is 5.56 Å². The minimum absolute atomic E-state index is 0.0368. The van der Waals surface area contributed by atoms with Gasteiger partial charge in [0.15, 0.2) is 0 Å². The van der Waals surface area contributed by atoms with Gasteiger partial charge in [0, 0.05) is 23.9 Å². The predicted octanol–water partition coefficient (Wildman–Crippen LogP) is 4.46. The lowest BCUT2D eigenvalue weighted by Crippen LogP contribution is -2.05. The lowest BCUT2D eigenvalue weighted by Gasteiger charge is -2.08. The molecule has 0 saturated carbocycles. The molecule has 9 heteroatoms. The van der Waals surface area contributed by atoms with Crippen molar-refractivity contribution in [2.24, 2.45) is 0 Å². The van der Waals surface area contributed by atoms with Gasteiger partial charge in [-0.2, -0.15) is 13.2 Å². The lowest BCUT2D eigenvalue weighted by molar-refractivity contribution is -0.137. The van der Waals surface area contributed by atoms with Crippen molar-refractivity contribution in [1.82, 2.24) is 10.2 Å². The Bertz CT molecular complexity index is 920. The fourth-order valence-electron chi connectivity index (χ4n) is 2.19. The molecule has 1 heterocycles. The maximum atomic E-state index is 12.7. The van der Waals surface area contributed by atoms with Crippen LogP contribution in [0.3, 0.4) is 0 Å². The SMILES string of the molecule is CC(=O)Nc1ccc(-c2nnc(Nc3cccc(C(F)(F)F)c3)o2)cc1. The van der Waals surface area contributed by atoms with Gasteiger partial charge in [-0.1, -0.05) is 11.2 Å². The maximum Gasteiger partial charge on any atom is 0.416 e. The Balaban J connectivity index is 1.75. The fraction of sp³-hybridized carbons (Fsp3) is 0.118. The van der Waals surface area contributed by atoms with Crippen molar-refractivity contribution in [2.75, 3.05) is 10.6 Å². The van der Waals surface area contributed by atoms with Crippen molar-refractivity contribution in [2.45, 2.75) is 13.1 Å². The molecule has 0 saturated heterocycles. The van der Waals surface area contributed by atoms with Crippen molar-refractivity contribution >= 4 is 23.3 Å². The number of aromatic nitrogens is 2. The summed E-state index contributed by atoms with van der Waals surface area (Å²) in [5.41, 5.74) is 0.610. The Labute approximate surface area is 146 Å². The molecule has 134 valence electrons. The molecular weight excluding hydrogens is 349 g/mol. The number of anilines is 3. The molecule has 2 N–H and O–H groups in total. The van der Waals surface area contributed by atoms with Crippen molar-refractivity contribution in [3.05, 3.63) is 54.1 Å². The van der Waals surface area contributed by atoms with Crippen LogP contribution >= 0.6 is 0 Å². The van der Waals surface area contributed by atoms with Gasteiger partial charge in [0.25, 0.3) is 0 Å². The third-order valence-corrected chi connectivity index (χ3v) is 3.32. The first-order chi connectivity index (χ1) is 12.3. The molecule has 26 heavy (non-hydrogen) atoms. The number of hydrogen-bond acceptors (Lipinski definition) is 5. The molecule has 0 unspecified atom stereocenters. The van der Waals surface area contributed by atoms with E-state index in [2.05, 4.69) is 20.8 Å². The van der Waals surface area contributed by atoms with Crippen molar-refractivity contribution in [3.63, 3.8) is 0 Å². The summed E-state index contributed by atoms with van der Waals surface area (Å²) in [7, 11) is 0. The summed E-state index contributed by atoms with van der Waals surface area (Å²) in [5, 5.41) is 12.9. The monoisotopic (exact) mass is 362 g/mol. The van der Waals surface area contributed by atoms with Gasteiger partial charge in [-0.3, -0.25) is 4.79 Å². The standard InChI is InChI=1S/C17H13F3N4O2/c1-10(25)21-13-7-5-11(6-8-13)15-23-24-16(26-15)22-14-4-2-3-12(9-14)17(18,19)20/h2-9H,1H3,(H,21,25)(H,22,24). The van der Waals surface area contributed by atoms with Crippen molar-refractivity contribution < 1.29 is 22.4 Å². The molecule has 3 aromatic rings. The zero-order valence-corrected chi connectivity index (χ0v) is 13.5. The molecule has 0 bridgehead atoms. The minimum Gasteiger partial charge on any atom is -0.403 e. The fourth-order valence-corrected chi connectivity index (χ4v) is 2.19. The number of halogens is 3. The van der Waals surface area contributed by atoms with E-state index in [9.17, 15) is 18.0 Å². The van der Waals surface area contributed by atoms with Crippen LogP contribution in [0.5, 0.6) is 0 Å². The first kappa shape index (κ1) is 17.5. The van der Waals surface area contributed by atoms with E-state index < -0.39 is 11.7 Å². The number of carbonyl (C=O) groups excluding carboxylic acids is 1. The molecule has 3 rings (SSSR count). The first-order valence-corrected chi connectivity index (χ1v) is 7.47. The Morgan fingerprint density at radius 3 is 2.42 bits per heavy atom. The predicted molar refractivity (Wildman–Crippen MR) is 88.8 cm³/mol. The number of nitrogens with one attached hydrogen (secondary N) is 2. The second-order valence-electron chi connectivity index (χ2n) is 5.37. The number of hydrogen-bond donors (Lipinski definition) is 2. The summed E-state index contributed by atoms with van der Waals surface area (Å²) in [6, 6.07) is 11.3. The number of nitrogens with zero attached hydrogens (tertiary/aromatic N) is 2. The largest absolute Gasteiger partial charge is 0.416 e. The zero-order chi connectivity index (χ0) is 18.7. The van der Waals surface area contributed by atoms with Gasteiger partial charge in [-0.25, -0.2) is 0 Å². The van der Waals surface area contributed by atoms with Gasteiger partial charge in [0.2, 0.25) is 11.8 Å². The number of rotatable bonds is 4. The molecule has 6 nitrogen and oxygen atoms in total. The highest BCUT2D eigenvalue weighted by atomic mass is 19.4. The smallest absolute Gasteiger partial charge is 0.403 e. The van der Waals surface area contributed by atoms with Crippen LogP contribution in [0.1, 0.15) is 12.5 Å². The molecule has 0 radical (unpaired) electrons. The molecule has 0 spiro atoms. The van der Waals surface area contributed by atoms with Crippen LogP contribution in [0.25, 0.3) is 11.5 Å². The summed E-state index contributed by atoms with van der Waals surface area (Å²) < 4.78 is 43.6. The quantitative estimate of drug-likeness (QED) is 0.716. The Hall–Kier alpha value is -3.36. The topological polar surface area (TPSA) is 80.0 Å². The third-order valence-electron chi connectivity index (χ3n) is 3.32. The lowest BCUT2D eigenvalue weighted by atomic mass is 10.2. The highest BCUT2D eigenvalue weighted by Crippen LogP contribution is 2.31. The van der Waals surface area contributed by atoms with Gasteiger partial charge < -0.3 is 15.1 Å². The summed E-state index contributed by atoms with van der Waals surface area (Å²) in [5.74, 6) is -0.00281. The van der Waals surface area contributed by atoms with Gasteiger partial charge in [-0.15, -0.1) is 5.10 Å². The number of amides is 1. The van der Waals surface area contributed by atoms with E-state index in [0.717, 1.165) is 12.1 Å². The van der Waals surface area contributed by atoms with Crippen LogP contribution in [0.15, 0.2) is 52.9 Å². The van der Waals surface area contributed by atoms with Crippen molar-refractivity contribution in [3.8, 4) is 11.5 Å². The molecule has 2 aromatic carbocycles. The molecule has 0 aliphatic heterocycles. The molecule has 0 atom stereocenters. The molecule has 1 aromatic heterocycles. The molecule has 0 aliphatic carbocycles. The van der Waals surface area contributed by atoms with Crippen LogP contribution in [-0.2, 0) is 11.0 Å². The second kappa shape index (κ2) is 6.87. The summed E-state index contributed by atoms with van der Waals surface area (Å²) in [6.07, 6.45) is -4.44. The summed E-state index contributed by atoms with van der Waals surface area (Å²) in [6.45, 7) is 1.40. The average Bonchev–Trinajstić information content (AvgIpc) is 3.03. The zero-order valence-electron chi connectivity index (χ0n) is 13.5. The molecule has 0 aliphatic rings. The molecule has 0 fully saturated rings. The average molecular weight is 362 g/mol. The summed E-state index contributed by atoms with van der Waals surface area (Å²) >= 11 is 0. The van der Waals surface area contributed by atoms with Crippen LogP contribution in [-0.4, -0.2) is 16.1 Å². The van der Waals surface area contributed by atoms with E-state index in [1.54, 1.807) is 24.3 Å². The highest BCUT2D eigenvalue weighted by Gasteiger charge is 2.30. The van der Waals surface area contributed by atoms with E-state index in [-0.39, 0.29) is 23.5 Å². The third kappa shape index (κ3) is 4.18. The summed E-state index contributed by atoms with van der Waals surface area (Å²) in [4.78, 5) is 11.0. The van der Waals surface area contributed by atoms with Crippen molar-refractivity contribution in [1.29, 1.82) is 0 Å². The number of alkyl halides is 3. The van der Waals surface area contributed by atoms with Gasteiger partial charge in [-0.05, 0) is 42.5 Å². The van der Waals surface area contributed by atoms with E-state index in [1.165, 1.54) is 19.1 Å². The Kier molecular flexibility index (Phi) is 4.61. The highest BCUT2D eigenvalue weighted by molar-refractivity contribution is 5.88. The van der Waals surface area contributed by atoms with Crippen LogP contribution in [0.2, 0.25) is 0 Å². The van der Waals surface area contributed by atoms with Crippen LogP contribution < -0.4 is 10.6 Å². The van der Waals surface area contributed by atoms with Gasteiger partial charge in [0.1, 0.15) is 0 Å². The minimum atomic E-state index is -4.44. The normalized spacial score (nSPS) is 11.2. The first-order valence-electron chi connectivity index (χ1n) is 7.47. The number of carbonyl (C=O) groups is 1. The Morgan fingerprint density at radius 1 is 1.04 bits per heavy atom. The van der Waals surface area contributed by atoms with E-state index in [4.69, 9.17) is 4.42 Å². The Morgan fingerprint density at radius 2 is 1.77 bits per heavy atom. The van der Waals surface area contributed by atoms with E-state index in [1.807, 2.05) is 0 Å². The second-order valence-corrected chi connectivity index (χ2v) is 5.37. The maximum absolute atomic E-state index is 12.7. The molecule has 1 amide bonds. The number of benzene rings is 2. The van der Waals surface area contributed by atoms with Gasteiger partial charge >= 0.3 is 12.2 Å². The van der Waals surface area contributed by atoms with Crippen LogP contribution in [0, 0.1) is 0 Å². The van der Waals surface area contributed by atoms with E-state index in [0.29, 0.717) is 11.3 Å². The van der Waals surface area contributed by atoms with Crippen LogP contribution in [0.4, 0.5) is 30.6 Å². The van der Waals surface area contributed by atoms with E-state index >= 15 is 0 Å².